The molecule has 192 valence electrons. The van der Waals surface area contributed by atoms with E-state index in [1.807, 2.05) is 49.3 Å². The first-order valence-electron chi connectivity index (χ1n) is 11.4. The van der Waals surface area contributed by atoms with Crippen LogP contribution in [0.2, 0.25) is 5.02 Å². The van der Waals surface area contributed by atoms with Crippen molar-refractivity contribution in [2.24, 2.45) is 0 Å². The third-order valence-electron chi connectivity index (χ3n) is 6.00. The van der Waals surface area contributed by atoms with Gasteiger partial charge in [-0.3, -0.25) is 9.69 Å². The molecule has 0 bridgehead atoms. The Hall–Kier alpha value is -3.17. The van der Waals surface area contributed by atoms with Crippen LogP contribution in [0.5, 0.6) is 5.75 Å². The van der Waals surface area contributed by atoms with Crippen LogP contribution in [0.1, 0.15) is 16.8 Å². The Labute approximate surface area is 228 Å². The number of nitrogens with zero attached hydrogens (tertiary/aromatic N) is 3. The largest absolute Gasteiger partial charge is 0.494 e. The van der Waals surface area contributed by atoms with Crippen LogP contribution in [0, 0.1) is 0 Å². The summed E-state index contributed by atoms with van der Waals surface area (Å²) in [5, 5.41) is 3.57. The summed E-state index contributed by atoms with van der Waals surface area (Å²) in [4.78, 5) is 35.1. The lowest BCUT2D eigenvalue weighted by Gasteiger charge is -2.20. The number of methoxy groups -OCH3 is 1. The predicted molar refractivity (Wildman–Crippen MR) is 153 cm³/mol. The minimum Gasteiger partial charge on any atom is -0.494 e. The van der Waals surface area contributed by atoms with E-state index in [-0.39, 0.29) is 18.0 Å². The average Bonchev–Trinajstić information content (AvgIpc) is 3.32. The maximum atomic E-state index is 13.9. The van der Waals surface area contributed by atoms with Gasteiger partial charge >= 0.3 is 5.63 Å². The number of hydrogen-bond donors (Lipinski definition) is 0. The number of thiazole rings is 1. The van der Waals surface area contributed by atoms with E-state index in [0.717, 1.165) is 17.3 Å². The summed E-state index contributed by atoms with van der Waals surface area (Å²) >= 11 is 7.72. The first kappa shape index (κ1) is 26.9. The standard InChI is InChI=1S/C27H24ClN3O4S.ClH/c1-30(2)13-6-14-31(27-29-23-22(34-3)12-10-20(28)24(23)36-27)25(32)19-15-18-17-8-5-4-7-16(17)9-11-21(18)35-26(19)33;/h4-5,7-12,15H,6,13-14H2,1-3H3;1H. The Bertz CT molecular complexity index is 1660. The topological polar surface area (TPSA) is 75.9 Å². The molecular weight excluding hydrogens is 533 g/mol. The van der Waals surface area contributed by atoms with Crippen LogP contribution in [0.3, 0.4) is 0 Å². The van der Waals surface area contributed by atoms with E-state index >= 15 is 0 Å². The van der Waals surface area contributed by atoms with Crippen LogP contribution in [-0.4, -0.2) is 50.1 Å². The minimum absolute atomic E-state index is 0. The molecule has 0 fully saturated rings. The first-order valence-corrected chi connectivity index (χ1v) is 12.6. The van der Waals surface area contributed by atoms with E-state index < -0.39 is 11.5 Å². The van der Waals surface area contributed by atoms with Crippen molar-refractivity contribution in [3.05, 3.63) is 75.6 Å². The van der Waals surface area contributed by atoms with Crippen LogP contribution < -0.4 is 15.3 Å². The second-order valence-electron chi connectivity index (χ2n) is 8.68. The lowest BCUT2D eigenvalue weighted by molar-refractivity contribution is 0.0982. The van der Waals surface area contributed by atoms with Crippen molar-refractivity contribution in [2.75, 3.05) is 39.2 Å². The molecule has 1 amide bonds. The first-order chi connectivity index (χ1) is 17.4. The van der Waals surface area contributed by atoms with Gasteiger partial charge in [0.1, 0.15) is 22.4 Å². The number of hydrogen-bond acceptors (Lipinski definition) is 7. The molecule has 3 aromatic carbocycles. The van der Waals surface area contributed by atoms with Gasteiger partial charge in [0.25, 0.3) is 5.91 Å². The number of ether oxygens (including phenoxy) is 1. The number of aromatic nitrogens is 1. The van der Waals surface area contributed by atoms with Gasteiger partial charge in [-0.25, -0.2) is 9.78 Å². The Morgan fingerprint density at radius 1 is 1.08 bits per heavy atom. The maximum absolute atomic E-state index is 13.9. The summed E-state index contributed by atoms with van der Waals surface area (Å²) in [5.74, 6) is 0.0979. The number of amides is 1. The molecule has 0 N–H and O–H groups in total. The Balaban J connectivity index is 0.00000320. The number of halogens is 2. The molecule has 2 heterocycles. The van der Waals surface area contributed by atoms with E-state index in [9.17, 15) is 9.59 Å². The molecule has 0 saturated carbocycles. The van der Waals surface area contributed by atoms with Gasteiger partial charge in [0.05, 0.1) is 16.8 Å². The summed E-state index contributed by atoms with van der Waals surface area (Å²) in [6, 6.07) is 16.6. The quantitative estimate of drug-likeness (QED) is 0.174. The SMILES string of the molecule is COc1ccc(Cl)c2sc(N(CCCN(C)C)C(=O)c3cc4c(ccc5ccccc54)oc3=O)nc12.Cl. The number of rotatable bonds is 7. The van der Waals surface area contributed by atoms with Gasteiger partial charge in [0.2, 0.25) is 0 Å². The maximum Gasteiger partial charge on any atom is 0.349 e. The second kappa shape index (κ2) is 11.1. The van der Waals surface area contributed by atoms with Gasteiger partial charge in [0.15, 0.2) is 5.13 Å². The molecule has 7 nitrogen and oxygen atoms in total. The molecule has 5 aromatic rings. The van der Waals surface area contributed by atoms with Gasteiger partial charge < -0.3 is 14.1 Å². The van der Waals surface area contributed by atoms with Gasteiger partial charge in [-0.05, 0) is 62.1 Å². The van der Waals surface area contributed by atoms with Crippen molar-refractivity contribution in [3.63, 3.8) is 0 Å². The fourth-order valence-corrected chi connectivity index (χ4v) is 5.50. The lowest BCUT2D eigenvalue weighted by Crippen LogP contribution is -2.36. The van der Waals surface area contributed by atoms with E-state index in [0.29, 0.717) is 50.1 Å². The number of carbonyl (C=O) groups excluding carboxylic acids is 1. The normalized spacial score (nSPS) is 11.3. The van der Waals surface area contributed by atoms with Crippen LogP contribution in [0.25, 0.3) is 32.0 Å². The molecule has 0 saturated heterocycles. The third-order valence-corrected chi connectivity index (χ3v) is 7.54. The molecule has 0 radical (unpaired) electrons. The van der Waals surface area contributed by atoms with E-state index in [1.54, 1.807) is 31.4 Å². The molecule has 0 unspecified atom stereocenters. The molecule has 2 aromatic heterocycles. The molecule has 0 aliphatic rings. The molecular formula is C27H25Cl2N3O4S. The summed E-state index contributed by atoms with van der Waals surface area (Å²) in [6.45, 7) is 1.12. The number of fused-ring (bicyclic) bond motifs is 4. The smallest absolute Gasteiger partial charge is 0.349 e. The average molecular weight is 558 g/mol. The summed E-state index contributed by atoms with van der Waals surface area (Å²) in [7, 11) is 5.50. The number of benzene rings is 3. The Kier molecular flexibility index (Phi) is 8.04. The van der Waals surface area contributed by atoms with Crippen LogP contribution in [0.15, 0.2) is 63.8 Å². The van der Waals surface area contributed by atoms with Crippen LogP contribution in [-0.2, 0) is 0 Å². The Morgan fingerprint density at radius 2 is 1.86 bits per heavy atom. The second-order valence-corrected chi connectivity index (χ2v) is 10.1. The molecule has 0 spiro atoms. The summed E-state index contributed by atoms with van der Waals surface area (Å²) in [5.41, 5.74) is 0.288. The van der Waals surface area contributed by atoms with Gasteiger partial charge in [-0.15, -0.1) is 12.4 Å². The zero-order valence-corrected chi connectivity index (χ0v) is 22.9. The molecule has 37 heavy (non-hydrogen) atoms. The molecule has 5 rings (SSSR count). The monoisotopic (exact) mass is 557 g/mol. The number of anilines is 1. The predicted octanol–water partition coefficient (Wildman–Crippen LogP) is 6.24. The highest BCUT2D eigenvalue weighted by Gasteiger charge is 2.26. The zero-order chi connectivity index (χ0) is 25.4. The lowest BCUT2D eigenvalue weighted by atomic mass is 10.0. The molecule has 10 heteroatoms. The van der Waals surface area contributed by atoms with E-state index in [1.165, 1.54) is 16.2 Å². The fraction of sp³-hybridized carbons (Fsp3) is 0.222. The van der Waals surface area contributed by atoms with Crippen LogP contribution in [0.4, 0.5) is 5.13 Å². The third kappa shape index (κ3) is 5.15. The molecule has 0 atom stereocenters. The van der Waals surface area contributed by atoms with Crippen molar-refractivity contribution in [2.45, 2.75) is 6.42 Å². The van der Waals surface area contributed by atoms with E-state index in [2.05, 4.69) is 0 Å². The Morgan fingerprint density at radius 3 is 2.62 bits per heavy atom. The molecule has 0 aliphatic carbocycles. The van der Waals surface area contributed by atoms with Crippen LogP contribution >= 0.6 is 35.3 Å². The highest BCUT2D eigenvalue weighted by molar-refractivity contribution is 7.23. The summed E-state index contributed by atoms with van der Waals surface area (Å²) < 4.78 is 11.8. The van der Waals surface area contributed by atoms with Gasteiger partial charge in [-0.1, -0.05) is 53.3 Å². The van der Waals surface area contributed by atoms with Gasteiger partial charge in [0, 0.05) is 11.9 Å². The van der Waals surface area contributed by atoms with Gasteiger partial charge in [-0.2, -0.15) is 0 Å². The van der Waals surface area contributed by atoms with Crippen molar-refractivity contribution in [3.8, 4) is 5.75 Å². The van der Waals surface area contributed by atoms with Crippen molar-refractivity contribution < 1.29 is 13.9 Å². The minimum atomic E-state index is -0.683. The highest BCUT2D eigenvalue weighted by Crippen LogP contribution is 2.39. The van der Waals surface area contributed by atoms with Crippen molar-refractivity contribution in [1.29, 1.82) is 0 Å². The summed E-state index contributed by atoms with van der Waals surface area (Å²) in [6.07, 6.45) is 0.682. The van der Waals surface area contributed by atoms with E-state index in [4.69, 9.17) is 25.7 Å². The zero-order valence-electron chi connectivity index (χ0n) is 20.5. The van der Waals surface area contributed by atoms with Crippen molar-refractivity contribution >= 4 is 78.3 Å². The molecule has 0 aliphatic heterocycles. The fourth-order valence-electron chi connectivity index (χ4n) is 4.22. The highest BCUT2D eigenvalue weighted by atomic mass is 35.5. The number of carbonyl (C=O) groups is 1. The van der Waals surface area contributed by atoms with Crippen molar-refractivity contribution in [1.82, 2.24) is 9.88 Å².